The number of rotatable bonds is 5. The molecule has 1 unspecified atom stereocenters. The molecule has 1 heteroatoms. The Bertz CT molecular complexity index is 250. The van der Waals surface area contributed by atoms with Gasteiger partial charge < -0.3 is 0 Å². The van der Waals surface area contributed by atoms with E-state index in [-0.39, 0.29) is 0 Å². The molecule has 0 heterocycles. The van der Waals surface area contributed by atoms with Crippen molar-refractivity contribution in [2.75, 3.05) is 5.33 Å². The SMILES string of the molecule is CCCC(CBr)Cc1ccc(C)cc1. The van der Waals surface area contributed by atoms with Gasteiger partial charge in [-0.25, -0.2) is 0 Å². The summed E-state index contributed by atoms with van der Waals surface area (Å²) in [6.07, 6.45) is 3.81. The van der Waals surface area contributed by atoms with Crippen molar-refractivity contribution in [2.45, 2.75) is 33.1 Å². The van der Waals surface area contributed by atoms with E-state index >= 15 is 0 Å². The van der Waals surface area contributed by atoms with Crippen LogP contribution >= 0.6 is 15.9 Å². The lowest BCUT2D eigenvalue weighted by Crippen LogP contribution is -2.05. The smallest absolute Gasteiger partial charge is 0.00628 e. The summed E-state index contributed by atoms with van der Waals surface area (Å²) < 4.78 is 0. The first kappa shape index (κ1) is 11.8. The molecule has 0 nitrogen and oxygen atoms in total. The van der Waals surface area contributed by atoms with Crippen LogP contribution in [0, 0.1) is 12.8 Å². The summed E-state index contributed by atoms with van der Waals surface area (Å²) in [6.45, 7) is 4.39. The Labute approximate surface area is 95.9 Å². The molecule has 0 saturated carbocycles. The van der Waals surface area contributed by atoms with Gasteiger partial charge in [-0.2, -0.15) is 0 Å². The minimum absolute atomic E-state index is 0.794. The first-order valence-electron chi connectivity index (χ1n) is 5.37. The maximum Gasteiger partial charge on any atom is 0.00628 e. The van der Waals surface area contributed by atoms with Crippen molar-refractivity contribution in [3.63, 3.8) is 0 Å². The lowest BCUT2D eigenvalue weighted by molar-refractivity contribution is 0.534. The third-order valence-electron chi connectivity index (χ3n) is 2.56. The molecule has 0 spiro atoms. The Morgan fingerprint density at radius 1 is 1.21 bits per heavy atom. The fourth-order valence-electron chi connectivity index (χ4n) is 1.70. The molecule has 0 bridgehead atoms. The molecular weight excluding hydrogens is 236 g/mol. The van der Waals surface area contributed by atoms with Crippen LogP contribution in [0.5, 0.6) is 0 Å². The van der Waals surface area contributed by atoms with Crippen LogP contribution in [0.2, 0.25) is 0 Å². The predicted molar refractivity (Wildman–Crippen MR) is 67.1 cm³/mol. The van der Waals surface area contributed by atoms with Gasteiger partial charge in [0.25, 0.3) is 0 Å². The molecule has 14 heavy (non-hydrogen) atoms. The largest absolute Gasteiger partial charge is 0.0925 e. The lowest BCUT2D eigenvalue weighted by atomic mass is 9.96. The van der Waals surface area contributed by atoms with Gasteiger partial charge in [-0.3, -0.25) is 0 Å². The van der Waals surface area contributed by atoms with Crippen LogP contribution in [0.15, 0.2) is 24.3 Å². The fraction of sp³-hybridized carbons (Fsp3) is 0.538. The Balaban J connectivity index is 2.53. The van der Waals surface area contributed by atoms with E-state index in [0.717, 1.165) is 11.2 Å². The van der Waals surface area contributed by atoms with Crippen molar-refractivity contribution in [2.24, 2.45) is 5.92 Å². The minimum Gasteiger partial charge on any atom is -0.0925 e. The van der Waals surface area contributed by atoms with Gasteiger partial charge in [0, 0.05) is 5.33 Å². The van der Waals surface area contributed by atoms with Gasteiger partial charge in [0.05, 0.1) is 0 Å². The molecule has 1 atom stereocenters. The highest BCUT2D eigenvalue weighted by molar-refractivity contribution is 9.09. The Kier molecular flexibility index (Phi) is 5.24. The van der Waals surface area contributed by atoms with E-state index in [1.165, 1.54) is 30.4 Å². The number of halogens is 1. The highest BCUT2D eigenvalue weighted by Gasteiger charge is 2.06. The van der Waals surface area contributed by atoms with E-state index < -0.39 is 0 Å². The third kappa shape index (κ3) is 3.83. The summed E-state index contributed by atoms with van der Waals surface area (Å²) in [5.41, 5.74) is 2.81. The number of aryl methyl sites for hydroxylation is 1. The summed E-state index contributed by atoms with van der Waals surface area (Å²) >= 11 is 3.59. The summed E-state index contributed by atoms with van der Waals surface area (Å²) in [5, 5.41) is 1.12. The molecule has 1 aromatic rings. The summed E-state index contributed by atoms with van der Waals surface area (Å²) in [7, 11) is 0. The summed E-state index contributed by atoms with van der Waals surface area (Å²) in [5.74, 6) is 0.794. The van der Waals surface area contributed by atoms with Gasteiger partial charge in [0.15, 0.2) is 0 Å². The molecule has 1 rings (SSSR count). The zero-order valence-corrected chi connectivity index (χ0v) is 10.7. The van der Waals surface area contributed by atoms with Crippen LogP contribution in [-0.2, 0) is 6.42 Å². The van der Waals surface area contributed by atoms with E-state index in [1.54, 1.807) is 0 Å². The van der Waals surface area contributed by atoms with E-state index in [9.17, 15) is 0 Å². The topological polar surface area (TPSA) is 0 Å². The van der Waals surface area contributed by atoms with Crippen LogP contribution in [0.1, 0.15) is 30.9 Å². The van der Waals surface area contributed by atoms with Crippen molar-refractivity contribution in [3.8, 4) is 0 Å². The Morgan fingerprint density at radius 3 is 2.36 bits per heavy atom. The fourth-order valence-corrected chi connectivity index (χ4v) is 2.25. The van der Waals surface area contributed by atoms with Crippen molar-refractivity contribution >= 4 is 15.9 Å². The number of hydrogen-bond donors (Lipinski definition) is 0. The van der Waals surface area contributed by atoms with E-state index in [4.69, 9.17) is 0 Å². The van der Waals surface area contributed by atoms with E-state index in [0.29, 0.717) is 0 Å². The summed E-state index contributed by atoms with van der Waals surface area (Å²) in [6, 6.07) is 8.90. The van der Waals surface area contributed by atoms with Gasteiger partial charge in [0.2, 0.25) is 0 Å². The molecule has 0 radical (unpaired) electrons. The van der Waals surface area contributed by atoms with Gasteiger partial charge in [-0.05, 0) is 31.2 Å². The molecule has 0 aliphatic carbocycles. The quantitative estimate of drug-likeness (QED) is 0.686. The molecule has 0 amide bonds. The van der Waals surface area contributed by atoms with Crippen molar-refractivity contribution in [3.05, 3.63) is 35.4 Å². The maximum absolute atomic E-state index is 3.59. The molecule has 78 valence electrons. The number of hydrogen-bond acceptors (Lipinski definition) is 0. The predicted octanol–water partition coefficient (Wildman–Crippen LogP) is 4.35. The van der Waals surface area contributed by atoms with Crippen LogP contribution < -0.4 is 0 Å². The Morgan fingerprint density at radius 2 is 1.86 bits per heavy atom. The molecule has 0 aliphatic rings. The molecule has 0 aliphatic heterocycles. The zero-order chi connectivity index (χ0) is 10.4. The highest BCUT2D eigenvalue weighted by Crippen LogP contribution is 2.16. The van der Waals surface area contributed by atoms with Crippen LogP contribution in [0.4, 0.5) is 0 Å². The molecule has 0 N–H and O–H groups in total. The first-order chi connectivity index (χ1) is 6.76. The van der Waals surface area contributed by atoms with Crippen LogP contribution in [-0.4, -0.2) is 5.33 Å². The molecule has 0 fully saturated rings. The van der Waals surface area contributed by atoms with Crippen LogP contribution in [0.25, 0.3) is 0 Å². The van der Waals surface area contributed by atoms with E-state index in [2.05, 4.69) is 54.0 Å². The second kappa shape index (κ2) is 6.23. The second-order valence-corrected chi connectivity index (χ2v) is 4.65. The molecule has 1 aromatic carbocycles. The van der Waals surface area contributed by atoms with Gasteiger partial charge in [-0.1, -0.05) is 59.1 Å². The normalized spacial score (nSPS) is 12.8. The van der Waals surface area contributed by atoms with Crippen LogP contribution in [0.3, 0.4) is 0 Å². The third-order valence-corrected chi connectivity index (χ3v) is 3.48. The summed E-state index contributed by atoms with van der Waals surface area (Å²) in [4.78, 5) is 0. The molecule has 0 saturated heterocycles. The lowest BCUT2D eigenvalue weighted by Gasteiger charge is -2.12. The van der Waals surface area contributed by atoms with Gasteiger partial charge in [0.1, 0.15) is 0 Å². The number of benzene rings is 1. The molecule has 0 aromatic heterocycles. The number of alkyl halides is 1. The van der Waals surface area contributed by atoms with Crippen molar-refractivity contribution in [1.82, 2.24) is 0 Å². The van der Waals surface area contributed by atoms with Gasteiger partial charge in [-0.15, -0.1) is 0 Å². The van der Waals surface area contributed by atoms with Crippen molar-refractivity contribution < 1.29 is 0 Å². The second-order valence-electron chi connectivity index (χ2n) is 4.00. The van der Waals surface area contributed by atoms with Gasteiger partial charge >= 0.3 is 0 Å². The standard InChI is InChI=1S/C13H19Br/c1-3-4-13(10-14)9-12-7-5-11(2)6-8-12/h5-8,13H,3-4,9-10H2,1-2H3. The molecular formula is C13H19Br. The van der Waals surface area contributed by atoms with E-state index in [1.807, 2.05) is 0 Å². The van der Waals surface area contributed by atoms with Crippen molar-refractivity contribution in [1.29, 1.82) is 0 Å². The Hall–Kier alpha value is -0.300. The highest BCUT2D eigenvalue weighted by atomic mass is 79.9. The maximum atomic E-state index is 3.59. The minimum atomic E-state index is 0.794. The average molecular weight is 255 g/mol. The zero-order valence-electron chi connectivity index (χ0n) is 9.09. The monoisotopic (exact) mass is 254 g/mol. The first-order valence-corrected chi connectivity index (χ1v) is 6.50. The average Bonchev–Trinajstić information content (AvgIpc) is 2.20.